The van der Waals surface area contributed by atoms with Crippen LogP contribution < -0.4 is 0 Å². The molecule has 1 N–H and O–H groups in total. The molecule has 1 atom stereocenters. The van der Waals surface area contributed by atoms with Crippen molar-refractivity contribution in [3.05, 3.63) is 35.9 Å². The van der Waals surface area contributed by atoms with Crippen LogP contribution in [0.1, 0.15) is 18.0 Å². The molecule has 0 spiro atoms. The number of carbonyl (C=O) groups is 1. The van der Waals surface area contributed by atoms with Crippen LogP contribution >= 0.6 is 0 Å². The topological polar surface area (TPSA) is 83.9 Å². The van der Waals surface area contributed by atoms with Crippen molar-refractivity contribution in [2.75, 3.05) is 6.61 Å². The molecule has 0 saturated carbocycles. The standard InChI is InChI=1S/C10H11NO5S/c12-10(13)11-9(6-7-16-17(11,14)15)8-4-2-1-3-5-8/h1-5,9H,6-7H2,(H,12,13)/t9-/m0/s1. The summed E-state index contributed by atoms with van der Waals surface area (Å²) in [6.45, 7) is -0.00826. The largest absolute Gasteiger partial charge is 0.464 e. The summed E-state index contributed by atoms with van der Waals surface area (Å²) in [5, 5.41) is 8.97. The number of carboxylic acid groups (broad SMARTS) is 1. The molecule has 1 fully saturated rings. The van der Waals surface area contributed by atoms with E-state index >= 15 is 0 Å². The van der Waals surface area contributed by atoms with Crippen LogP contribution in [0.2, 0.25) is 0 Å². The lowest BCUT2D eigenvalue weighted by atomic mass is 10.0. The van der Waals surface area contributed by atoms with Gasteiger partial charge in [-0.3, -0.25) is 4.18 Å². The van der Waals surface area contributed by atoms with Crippen molar-refractivity contribution < 1.29 is 22.5 Å². The Morgan fingerprint density at radius 2 is 2.00 bits per heavy atom. The summed E-state index contributed by atoms with van der Waals surface area (Å²) < 4.78 is 27.9. The Morgan fingerprint density at radius 1 is 1.35 bits per heavy atom. The van der Waals surface area contributed by atoms with E-state index in [1.165, 1.54) is 0 Å². The van der Waals surface area contributed by atoms with Crippen LogP contribution in [0.25, 0.3) is 0 Å². The molecule has 1 amide bonds. The minimum atomic E-state index is -4.19. The van der Waals surface area contributed by atoms with Gasteiger partial charge < -0.3 is 5.11 Å². The third-order valence-corrected chi connectivity index (χ3v) is 3.88. The van der Waals surface area contributed by atoms with E-state index in [1.807, 2.05) is 0 Å². The lowest BCUT2D eigenvalue weighted by Gasteiger charge is -2.32. The van der Waals surface area contributed by atoms with E-state index in [2.05, 4.69) is 4.18 Å². The fourth-order valence-corrected chi connectivity index (χ4v) is 2.95. The number of benzene rings is 1. The Hall–Kier alpha value is -1.60. The predicted octanol–water partition coefficient (Wildman–Crippen LogP) is 1.37. The Kier molecular flexibility index (Phi) is 3.03. The van der Waals surface area contributed by atoms with Gasteiger partial charge in [-0.05, 0) is 12.0 Å². The molecular formula is C10H11NO5S. The third-order valence-electron chi connectivity index (χ3n) is 2.52. The molecule has 0 aliphatic carbocycles. The highest BCUT2D eigenvalue weighted by atomic mass is 32.2. The highest BCUT2D eigenvalue weighted by Gasteiger charge is 2.39. The second-order valence-electron chi connectivity index (χ2n) is 3.57. The number of hydrogen-bond acceptors (Lipinski definition) is 4. The first kappa shape index (κ1) is 11.9. The van der Waals surface area contributed by atoms with Gasteiger partial charge in [0.05, 0.1) is 12.6 Å². The highest BCUT2D eigenvalue weighted by Crippen LogP contribution is 2.31. The zero-order valence-corrected chi connectivity index (χ0v) is 9.63. The van der Waals surface area contributed by atoms with Crippen molar-refractivity contribution in [3.63, 3.8) is 0 Å². The van der Waals surface area contributed by atoms with E-state index in [0.717, 1.165) is 0 Å². The first-order valence-electron chi connectivity index (χ1n) is 4.99. The van der Waals surface area contributed by atoms with Gasteiger partial charge in [-0.25, -0.2) is 4.79 Å². The monoisotopic (exact) mass is 257 g/mol. The fraction of sp³-hybridized carbons (Fsp3) is 0.300. The van der Waals surface area contributed by atoms with Gasteiger partial charge in [0.15, 0.2) is 0 Å². The summed E-state index contributed by atoms with van der Waals surface area (Å²) in [6.07, 6.45) is -1.21. The smallest absolute Gasteiger partial charge is 0.423 e. The zero-order chi connectivity index (χ0) is 12.5. The van der Waals surface area contributed by atoms with Gasteiger partial charge in [-0.15, -0.1) is 0 Å². The molecular weight excluding hydrogens is 246 g/mol. The molecule has 1 heterocycles. The molecule has 1 aliphatic rings. The molecule has 1 saturated heterocycles. The van der Waals surface area contributed by atoms with E-state index < -0.39 is 22.4 Å². The van der Waals surface area contributed by atoms with Crippen LogP contribution in [0, 0.1) is 0 Å². The van der Waals surface area contributed by atoms with Crippen molar-refractivity contribution in [1.82, 2.24) is 4.31 Å². The van der Waals surface area contributed by atoms with Crippen LogP contribution in [-0.2, 0) is 14.5 Å². The van der Waals surface area contributed by atoms with Crippen molar-refractivity contribution in [1.29, 1.82) is 0 Å². The predicted molar refractivity (Wildman–Crippen MR) is 58.5 cm³/mol. The number of nitrogens with zero attached hydrogens (tertiary/aromatic N) is 1. The van der Waals surface area contributed by atoms with Gasteiger partial charge >= 0.3 is 16.4 Å². The average Bonchev–Trinajstić information content (AvgIpc) is 2.28. The maximum absolute atomic E-state index is 11.5. The summed E-state index contributed by atoms with van der Waals surface area (Å²) in [5.74, 6) is 0. The van der Waals surface area contributed by atoms with Crippen molar-refractivity contribution in [2.45, 2.75) is 12.5 Å². The fourth-order valence-electron chi connectivity index (χ4n) is 1.80. The van der Waals surface area contributed by atoms with E-state index in [4.69, 9.17) is 5.11 Å². The molecule has 7 heteroatoms. The molecule has 0 unspecified atom stereocenters. The maximum atomic E-state index is 11.5. The highest BCUT2D eigenvalue weighted by molar-refractivity contribution is 7.84. The van der Waals surface area contributed by atoms with Gasteiger partial charge in [-0.2, -0.15) is 12.7 Å². The second-order valence-corrected chi connectivity index (χ2v) is 5.06. The molecule has 1 aliphatic heterocycles. The zero-order valence-electron chi connectivity index (χ0n) is 8.81. The summed E-state index contributed by atoms with van der Waals surface area (Å²) >= 11 is 0. The maximum Gasteiger partial charge on any atom is 0.423 e. The van der Waals surface area contributed by atoms with Gasteiger partial charge in [0.25, 0.3) is 0 Å². The Balaban J connectivity index is 2.42. The van der Waals surface area contributed by atoms with Crippen LogP contribution in [0.5, 0.6) is 0 Å². The van der Waals surface area contributed by atoms with Crippen molar-refractivity contribution in [2.24, 2.45) is 0 Å². The van der Waals surface area contributed by atoms with Crippen LogP contribution in [-0.4, -0.2) is 30.5 Å². The summed E-state index contributed by atoms with van der Waals surface area (Å²) in [6, 6.07) is 7.92. The van der Waals surface area contributed by atoms with E-state index in [0.29, 0.717) is 16.3 Å². The minimum absolute atomic E-state index is 0.00826. The molecule has 6 nitrogen and oxygen atoms in total. The SMILES string of the molecule is O=C(O)N1[C@H](c2ccccc2)CCOS1(=O)=O. The Morgan fingerprint density at radius 3 is 2.59 bits per heavy atom. The van der Waals surface area contributed by atoms with Crippen LogP contribution in [0.3, 0.4) is 0 Å². The number of amides is 1. The van der Waals surface area contributed by atoms with Crippen molar-refractivity contribution in [3.8, 4) is 0 Å². The Bertz CT molecular complexity index is 513. The van der Waals surface area contributed by atoms with Gasteiger partial charge in [0.2, 0.25) is 0 Å². The van der Waals surface area contributed by atoms with Crippen LogP contribution in [0.15, 0.2) is 30.3 Å². The van der Waals surface area contributed by atoms with E-state index in [9.17, 15) is 13.2 Å². The Labute approximate surface area is 98.7 Å². The normalized spacial score (nSPS) is 23.3. The third kappa shape index (κ3) is 2.25. The number of hydrogen-bond donors (Lipinski definition) is 1. The van der Waals surface area contributed by atoms with Gasteiger partial charge in [-0.1, -0.05) is 30.3 Å². The number of rotatable bonds is 1. The average molecular weight is 257 g/mol. The van der Waals surface area contributed by atoms with Gasteiger partial charge in [0, 0.05) is 0 Å². The van der Waals surface area contributed by atoms with E-state index in [1.54, 1.807) is 30.3 Å². The summed E-state index contributed by atoms with van der Waals surface area (Å²) in [5.41, 5.74) is 0.641. The summed E-state index contributed by atoms with van der Waals surface area (Å²) in [4.78, 5) is 11.0. The lowest BCUT2D eigenvalue weighted by Crippen LogP contribution is -2.44. The van der Waals surface area contributed by atoms with Crippen LogP contribution in [0.4, 0.5) is 4.79 Å². The molecule has 0 aromatic heterocycles. The van der Waals surface area contributed by atoms with E-state index in [-0.39, 0.29) is 6.61 Å². The quantitative estimate of drug-likeness (QED) is 0.821. The van der Waals surface area contributed by atoms with Crippen molar-refractivity contribution >= 4 is 16.4 Å². The minimum Gasteiger partial charge on any atom is -0.464 e. The first-order chi connectivity index (χ1) is 8.02. The first-order valence-corrected chi connectivity index (χ1v) is 6.35. The molecule has 2 rings (SSSR count). The molecule has 92 valence electrons. The molecule has 0 radical (unpaired) electrons. The summed E-state index contributed by atoms with van der Waals surface area (Å²) in [7, 11) is -4.19. The lowest BCUT2D eigenvalue weighted by molar-refractivity contribution is 0.127. The molecule has 0 bridgehead atoms. The molecule has 17 heavy (non-hydrogen) atoms. The molecule has 1 aromatic carbocycles. The second kappa shape index (κ2) is 4.34. The molecule has 1 aromatic rings. The van der Waals surface area contributed by atoms with Gasteiger partial charge in [0.1, 0.15) is 0 Å².